The maximum Gasteiger partial charge on any atom is 0.282 e. The molecular weight excluding hydrogens is 250 g/mol. The van der Waals surface area contributed by atoms with E-state index in [1.807, 2.05) is 0 Å². The number of allylic oxidation sites excluding steroid dienone is 4. The van der Waals surface area contributed by atoms with Crippen molar-refractivity contribution in [1.29, 1.82) is 0 Å². The molecule has 90 valence electrons. The van der Waals surface area contributed by atoms with Crippen molar-refractivity contribution in [3.05, 3.63) is 47.6 Å². The van der Waals surface area contributed by atoms with E-state index in [2.05, 4.69) is 4.40 Å². The molecule has 1 aliphatic carbocycles. The minimum absolute atomic E-state index is 0.0801. The van der Waals surface area contributed by atoms with Crippen molar-refractivity contribution in [2.75, 3.05) is 0 Å². The highest BCUT2D eigenvalue weighted by Gasteiger charge is 2.27. The van der Waals surface area contributed by atoms with Crippen LogP contribution in [0.1, 0.15) is 12.0 Å². The molecule has 5 heteroatoms. The Hall–Kier alpha value is -2.01. The molecule has 1 aliphatic heterocycles. The standard InChI is InChI=1S/C13H9NO3S/c15-11-6-3-4-9-8-14-18(16,17)12-7-2-1-5-10(12)13(9)11/h1-5,7-8H,6H2. The van der Waals surface area contributed by atoms with Gasteiger partial charge in [-0.25, -0.2) is 0 Å². The topological polar surface area (TPSA) is 63.6 Å². The predicted molar refractivity (Wildman–Crippen MR) is 67.8 cm³/mol. The average molecular weight is 259 g/mol. The molecule has 4 nitrogen and oxygen atoms in total. The molecule has 0 atom stereocenters. The normalized spacial score (nSPS) is 20.3. The summed E-state index contributed by atoms with van der Waals surface area (Å²) in [6.07, 6.45) is 4.99. The summed E-state index contributed by atoms with van der Waals surface area (Å²) in [5.74, 6) is -0.0801. The summed E-state index contributed by atoms with van der Waals surface area (Å²) in [6.45, 7) is 0. The third-order valence-electron chi connectivity index (χ3n) is 2.93. The molecule has 1 aromatic carbocycles. The molecule has 3 rings (SSSR count). The molecule has 0 radical (unpaired) electrons. The number of Topliss-reactive ketones (excluding diaryl/α,β-unsaturated/α-hetero) is 1. The largest absolute Gasteiger partial charge is 0.294 e. The molecule has 0 saturated heterocycles. The number of ketones is 1. The quantitative estimate of drug-likeness (QED) is 0.713. The molecule has 2 aliphatic rings. The summed E-state index contributed by atoms with van der Waals surface area (Å²) in [5.41, 5.74) is 1.44. The van der Waals surface area contributed by atoms with E-state index in [1.165, 1.54) is 12.3 Å². The van der Waals surface area contributed by atoms with E-state index < -0.39 is 10.0 Å². The lowest BCUT2D eigenvalue weighted by Crippen LogP contribution is -2.08. The van der Waals surface area contributed by atoms with Crippen LogP contribution < -0.4 is 0 Å². The number of carbonyl (C=O) groups excluding carboxylic acids is 1. The van der Waals surface area contributed by atoms with Gasteiger partial charge in [-0.05, 0) is 6.07 Å². The van der Waals surface area contributed by atoms with Crippen molar-refractivity contribution in [2.45, 2.75) is 11.3 Å². The molecule has 0 unspecified atom stereocenters. The van der Waals surface area contributed by atoms with Gasteiger partial charge >= 0.3 is 0 Å². The number of benzene rings is 1. The lowest BCUT2D eigenvalue weighted by molar-refractivity contribution is -0.113. The third kappa shape index (κ3) is 1.55. The van der Waals surface area contributed by atoms with Crippen molar-refractivity contribution in [1.82, 2.24) is 0 Å². The van der Waals surface area contributed by atoms with Gasteiger partial charge in [-0.2, -0.15) is 12.8 Å². The summed E-state index contributed by atoms with van der Waals surface area (Å²) in [6, 6.07) is 6.47. The minimum atomic E-state index is -3.72. The molecule has 1 aromatic rings. The highest BCUT2D eigenvalue weighted by molar-refractivity contribution is 7.90. The van der Waals surface area contributed by atoms with Gasteiger partial charge in [-0.1, -0.05) is 30.4 Å². The second kappa shape index (κ2) is 3.74. The predicted octanol–water partition coefficient (Wildman–Crippen LogP) is 1.74. The second-order valence-corrected chi connectivity index (χ2v) is 5.67. The third-order valence-corrected chi connectivity index (χ3v) is 4.23. The van der Waals surface area contributed by atoms with Crippen LogP contribution in [-0.4, -0.2) is 20.4 Å². The molecule has 0 fully saturated rings. The second-order valence-electron chi connectivity index (χ2n) is 4.07. The van der Waals surface area contributed by atoms with Crippen LogP contribution in [0.25, 0.3) is 5.57 Å². The van der Waals surface area contributed by atoms with Crippen molar-refractivity contribution < 1.29 is 13.2 Å². The number of hydrogen-bond donors (Lipinski definition) is 0. The van der Waals surface area contributed by atoms with Crippen LogP contribution in [0.4, 0.5) is 0 Å². The summed E-state index contributed by atoms with van der Waals surface area (Å²) in [5, 5.41) is 0. The maximum atomic E-state index is 12.0. The van der Waals surface area contributed by atoms with Gasteiger partial charge < -0.3 is 0 Å². The first-order valence-corrected chi connectivity index (χ1v) is 6.87. The molecule has 18 heavy (non-hydrogen) atoms. The summed E-state index contributed by atoms with van der Waals surface area (Å²) >= 11 is 0. The van der Waals surface area contributed by atoms with Crippen LogP contribution in [0.5, 0.6) is 0 Å². The zero-order valence-electron chi connectivity index (χ0n) is 9.33. The minimum Gasteiger partial charge on any atom is -0.294 e. The van der Waals surface area contributed by atoms with Crippen LogP contribution in [0.3, 0.4) is 0 Å². The van der Waals surface area contributed by atoms with Gasteiger partial charge in [0.25, 0.3) is 10.0 Å². The summed E-state index contributed by atoms with van der Waals surface area (Å²) in [7, 11) is -3.72. The van der Waals surface area contributed by atoms with Crippen LogP contribution in [0.2, 0.25) is 0 Å². The summed E-state index contributed by atoms with van der Waals surface area (Å²) < 4.78 is 27.6. The zero-order chi connectivity index (χ0) is 12.8. The Labute approximate surface area is 104 Å². The molecule has 0 saturated carbocycles. The Balaban J connectivity index is 2.42. The van der Waals surface area contributed by atoms with E-state index in [0.717, 1.165) is 0 Å². The Bertz CT molecular complexity index is 739. The van der Waals surface area contributed by atoms with Crippen LogP contribution in [0.15, 0.2) is 51.3 Å². The first-order valence-electron chi connectivity index (χ1n) is 5.43. The van der Waals surface area contributed by atoms with Gasteiger partial charge in [0.1, 0.15) is 0 Å². The van der Waals surface area contributed by atoms with Gasteiger partial charge in [0.05, 0.1) is 4.90 Å². The van der Waals surface area contributed by atoms with E-state index >= 15 is 0 Å². The number of carbonyl (C=O) groups is 1. The highest BCUT2D eigenvalue weighted by atomic mass is 32.2. The number of sulfonamides is 1. The van der Waals surface area contributed by atoms with E-state index in [4.69, 9.17) is 0 Å². The number of rotatable bonds is 0. The Morgan fingerprint density at radius 1 is 1.17 bits per heavy atom. The van der Waals surface area contributed by atoms with Crippen molar-refractivity contribution in [3.63, 3.8) is 0 Å². The van der Waals surface area contributed by atoms with Gasteiger partial charge in [-0.3, -0.25) is 4.79 Å². The van der Waals surface area contributed by atoms with E-state index in [1.54, 1.807) is 30.4 Å². The highest BCUT2D eigenvalue weighted by Crippen LogP contribution is 2.33. The molecule has 0 N–H and O–H groups in total. The van der Waals surface area contributed by atoms with Crippen LogP contribution in [0, 0.1) is 0 Å². The smallest absolute Gasteiger partial charge is 0.282 e. The first kappa shape index (κ1) is 11.1. The van der Waals surface area contributed by atoms with E-state index in [9.17, 15) is 13.2 Å². The Morgan fingerprint density at radius 3 is 2.78 bits per heavy atom. The molecule has 0 spiro atoms. The van der Waals surface area contributed by atoms with Gasteiger partial charge in [-0.15, -0.1) is 0 Å². The number of hydrogen-bond acceptors (Lipinski definition) is 3. The Morgan fingerprint density at radius 2 is 1.94 bits per heavy atom. The zero-order valence-corrected chi connectivity index (χ0v) is 10.1. The molecule has 0 amide bonds. The molecule has 1 heterocycles. The molecular formula is C13H9NO3S. The number of fused-ring (bicyclic) bond motifs is 2. The summed E-state index contributed by atoms with van der Waals surface area (Å²) in [4.78, 5) is 12.1. The maximum absolute atomic E-state index is 12.0. The lowest BCUT2D eigenvalue weighted by atomic mass is 9.91. The van der Waals surface area contributed by atoms with E-state index in [0.29, 0.717) is 23.1 Å². The van der Waals surface area contributed by atoms with E-state index in [-0.39, 0.29) is 10.7 Å². The monoisotopic (exact) mass is 259 g/mol. The van der Waals surface area contributed by atoms with Crippen molar-refractivity contribution in [3.8, 4) is 0 Å². The van der Waals surface area contributed by atoms with Gasteiger partial charge in [0, 0.05) is 29.3 Å². The van der Waals surface area contributed by atoms with Gasteiger partial charge in [0.2, 0.25) is 0 Å². The fraction of sp³-hybridized carbons (Fsp3) is 0.0769. The number of nitrogens with zero attached hydrogens (tertiary/aromatic N) is 1. The lowest BCUT2D eigenvalue weighted by Gasteiger charge is -2.12. The fourth-order valence-corrected chi connectivity index (χ4v) is 3.20. The average Bonchev–Trinajstić information content (AvgIpc) is 2.47. The Kier molecular flexibility index (Phi) is 2.31. The van der Waals surface area contributed by atoms with Gasteiger partial charge in [0.15, 0.2) is 5.78 Å². The fourth-order valence-electron chi connectivity index (χ4n) is 2.13. The van der Waals surface area contributed by atoms with Crippen molar-refractivity contribution >= 4 is 27.6 Å². The van der Waals surface area contributed by atoms with Crippen LogP contribution >= 0.6 is 0 Å². The SMILES string of the molecule is O=C1CC=CC2=C1c1ccccc1S(=O)(=O)N=C2. The van der Waals surface area contributed by atoms with Crippen LogP contribution in [-0.2, 0) is 14.8 Å². The molecule has 0 bridgehead atoms. The van der Waals surface area contributed by atoms with Crippen molar-refractivity contribution in [2.24, 2.45) is 4.40 Å². The first-order chi connectivity index (χ1) is 8.59. The molecule has 0 aromatic heterocycles.